The molecule has 11 heteroatoms. The molecule has 0 unspecified atom stereocenters. The van der Waals surface area contributed by atoms with Gasteiger partial charge in [0, 0.05) is 16.8 Å². The molecule has 0 radical (unpaired) electrons. The van der Waals surface area contributed by atoms with E-state index in [2.05, 4.69) is 0 Å². The number of hydrogen-bond donors (Lipinski definition) is 1. The second kappa shape index (κ2) is 10.7. The molecular weight excluding hydrogens is 623 g/mol. The van der Waals surface area contributed by atoms with Crippen molar-refractivity contribution in [2.45, 2.75) is 36.0 Å². The van der Waals surface area contributed by atoms with Crippen LogP contribution in [0.15, 0.2) is 131 Å². The summed E-state index contributed by atoms with van der Waals surface area (Å²) >= 11 is 0. The molecule has 5 aromatic carbocycles. The monoisotopic (exact) mass is 651 g/mol. The highest BCUT2D eigenvalue weighted by molar-refractivity contribution is 7.93. The van der Waals surface area contributed by atoms with Gasteiger partial charge < -0.3 is 10.0 Å². The Bertz CT molecular complexity index is 2070. The Hall–Kier alpha value is -5.13. The average molecular weight is 652 g/mol. The van der Waals surface area contributed by atoms with Crippen molar-refractivity contribution >= 4 is 43.1 Å². The summed E-state index contributed by atoms with van der Waals surface area (Å²) in [5.41, 5.74) is 3.86. The van der Waals surface area contributed by atoms with Gasteiger partial charge in [-0.1, -0.05) is 71.8 Å². The van der Waals surface area contributed by atoms with Gasteiger partial charge in [-0.05, 0) is 74.5 Å². The van der Waals surface area contributed by atoms with E-state index in [0.29, 0.717) is 28.2 Å². The Morgan fingerprint density at radius 2 is 0.957 bits per heavy atom. The molecule has 0 aromatic heterocycles. The molecule has 2 bridgehead atoms. The van der Waals surface area contributed by atoms with Crippen molar-refractivity contribution in [2.75, 3.05) is 13.5 Å². The Kier molecular flexibility index (Phi) is 6.91. The first kappa shape index (κ1) is 29.6. The number of sulfonamides is 2. The molecule has 2 heterocycles. The van der Waals surface area contributed by atoms with Gasteiger partial charge in [0.05, 0.1) is 26.7 Å². The van der Waals surface area contributed by atoms with E-state index < -0.39 is 38.3 Å². The Morgan fingerprint density at radius 1 is 0.565 bits per heavy atom. The van der Waals surface area contributed by atoms with Crippen LogP contribution in [0.4, 0.5) is 17.1 Å². The minimum atomic E-state index is -4.23. The maximum absolute atomic E-state index is 14.7. The maximum atomic E-state index is 14.7. The molecule has 0 amide bonds. The Balaban J connectivity index is 1.56. The topological polar surface area (TPSA) is 115 Å². The number of aryl methyl sites for hydroxylation is 2. The summed E-state index contributed by atoms with van der Waals surface area (Å²) in [6, 6.07) is 33.0. The molecule has 1 N–H and O–H groups in total. The van der Waals surface area contributed by atoms with Crippen molar-refractivity contribution in [1.82, 2.24) is 0 Å². The molecule has 0 spiro atoms. The molecule has 5 aromatic rings. The minimum absolute atomic E-state index is 0.0417. The van der Waals surface area contributed by atoms with E-state index in [0.717, 1.165) is 11.1 Å². The molecule has 2 aliphatic rings. The van der Waals surface area contributed by atoms with Gasteiger partial charge in [-0.3, -0.25) is 0 Å². The van der Waals surface area contributed by atoms with Gasteiger partial charge >= 0.3 is 5.97 Å². The van der Waals surface area contributed by atoms with Gasteiger partial charge in [-0.15, -0.1) is 0 Å². The first-order chi connectivity index (χ1) is 22.0. The van der Waals surface area contributed by atoms with E-state index in [1.54, 1.807) is 114 Å². The molecule has 9 nitrogen and oxygen atoms in total. The van der Waals surface area contributed by atoms with E-state index in [1.807, 2.05) is 13.8 Å². The second-order valence-corrected chi connectivity index (χ2v) is 15.0. The van der Waals surface area contributed by atoms with Crippen LogP contribution in [-0.2, 0) is 20.0 Å². The van der Waals surface area contributed by atoms with Crippen LogP contribution in [0.25, 0.3) is 0 Å². The zero-order chi connectivity index (χ0) is 32.4. The number of carbonyl (C=O) groups is 1. The van der Waals surface area contributed by atoms with Crippen molar-refractivity contribution in [3.63, 3.8) is 0 Å². The van der Waals surface area contributed by atoms with Crippen molar-refractivity contribution in [3.05, 3.63) is 149 Å². The lowest BCUT2D eigenvalue weighted by Gasteiger charge is -2.56. The van der Waals surface area contributed by atoms with Gasteiger partial charge in [-0.25, -0.2) is 30.2 Å². The first-order valence-electron chi connectivity index (χ1n) is 14.5. The summed E-state index contributed by atoms with van der Waals surface area (Å²) in [7, 11) is -8.46. The zero-order valence-corrected chi connectivity index (χ0v) is 26.5. The van der Waals surface area contributed by atoms with Gasteiger partial charge in [0.15, 0.2) is 0 Å². The van der Waals surface area contributed by atoms with E-state index in [9.17, 15) is 26.7 Å². The van der Waals surface area contributed by atoms with Gasteiger partial charge in [0.25, 0.3) is 20.0 Å². The number of carboxylic acid groups (broad SMARTS) is 1. The predicted octanol–water partition coefficient (Wildman–Crippen LogP) is 6.62. The standard InChI is InChI=1S/C35H29N3O6S2/c1-23-11-19-27(20-12-23)45(41,42)37-31-9-5-3-7-29(31)34-36(26-17-15-25(16-18-26)35(39)40)33(37)30-8-4-6-10-32(30)38(34)46(43,44)28-21-13-24(2)14-22-28/h3-22,33-34H,1-2H3,(H,39,40)/t33-,34+. The van der Waals surface area contributed by atoms with Crippen molar-refractivity contribution < 1.29 is 26.7 Å². The first-order valence-corrected chi connectivity index (χ1v) is 17.4. The second-order valence-electron chi connectivity index (χ2n) is 11.4. The van der Waals surface area contributed by atoms with Crippen LogP contribution < -0.4 is 13.5 Å². The lowest BCUT2D eigenvalue weighted by Crippen LogP contribution is -2.59. The van der Waals surface area contributed by atoms with E-state index >= 15 is 0 Å². The van der Waals surface area contributed by atoms with E-state index in [4.69, 9.17) is 0 Å². The number of carboxylic acids is 1. The minimum Gasteiger partial charge on any atom is -0.478 e. The highest BCUT2D eigenvalue weighted by atomic mass is 32.2. The number of fused-ring (bicyclic) bond motifs is 6. The fraction of sp³-hybridized carbons (Fsp3) is 0.114. The zero-order valence-electron chi connectivity index (χ0n) is 24.8. The molecule has 2 aliphatic heterocycles. The smallest absolute Gasteiger partial charge is 0.335 e. The quantitative estimate of drug-likeness (QED) is 0.219. The number of benzene rings is 5. The Labute approximate surface area is 267 Å². The Morgan fingerprint density at radius 3 is 1.35 bits per heavy atom. The van der Waals surface area contributed by atoms with E-state index in [1.165, 1.54) is 20.7 Å². The van der Waals surface area contributed by atoms with Crippen molar-refractivity contribution in [3.8, 4) is 0 Å². The maximum Gasteiger partial charge on any atom is 0.335 e. The number of nitrogens with zero attached hydrogens (tertiary/aromatic N) is 3. The molecule has 0 aliphatic carbocycles. The summed E-state index contributed by atoms with van der Waals surface area (Å²) < 4.78 is 61.6. The lowest BCUT2D eigenvalue weighted by molar-refractivity contribution is 0.0697. The van der Waals surface area contributed by atoms with Crippen LogP contribution in [0.5, 0.6) is 0 Å². The number of aromatic carboxylic acids is 1. The summed E-state index contributed by atoms with van der Waals surface area (Å²) in [6.45, 7) is 3.75. The molecule has 0 fully saturated rings. The molecule has 46 heavy (non-hydrogen) atoms. The third-order valence-electron chi connectivity index (χ3n) is 8.44. The summed E-state index contributed by atoms with van der Waals surface area (Å²) in [5, 5.41) is 9.61. The van der Waals surface area contributed by atoms with Gasteiger partial charge in [0.1, 0.15) is 12.3 Å². The summed E-state index contributed by atoms with van der Waals surface area (Å²) in [4.78, 5) is 13.7. The number of rotatable bonds is 6. The molecule has 232 valence electrons. The van der Waals surface area contributed by atoms with E-state index in [-0.39, 0.29) is 15.4 Å². The fourth-order valence-electron chi connectivity index (χ4n) is 6.22. The molecule has 0 saturated carbocycles. The highest BCUT2D eigenvalue weighted by Crippen LogP contribution is 2.57. The molecule has 0 saturated heterocycles. The van der Waals surface area contributed by atoms with Crippen LogP contribution >= 0.6 is 0 Å². The number of hydrogen-bond acceptors (Lipinski definition) is 6. The molecule has 7 rings (SSSR count). The lowest BCUT2D eigenvalue weighted by atomic mass is 9.95. The SMILES string of the molecule is Cc1ccc(S(=O)(=O)N2c3ccccc3[C@H]3N(c4ccc(C(=O)O)cc4)[C@H]2c2ccccc2N3S(=O)(=O)c2ccc(C)cc2)cc1. The molecular formula is C35H29N3O6S2. The normalized spacial score (nSPS) is 17.3. The van der Waals surface area contributed by atoms with Gasteiger partial charge in [-0.2, -0.15) is 0 Å². The summed E-state index contributed by atoms with van der Waals surface area (Å²) in [5.74, 6) is -1.12. The van der Waals surface area contributed by atoms with Crippen LogP contribution in [0.1, 0.15) is 44.9 Å². The average Bonchev–Trinajstić information content (AvgIpc) is 3.05. The third-order valence-corrected chi connectivity index (χ3v) is 12.0. The summed E-state index contributed by atoms with van der Waals surface area (Å²) in [6.07, 6.45) is -2.05. The van der Waals surface area contributed by atoms with Crippen LogP contribution in [0.2, 0.25) is 0 Å². The third kappa shape index (κ3) is 4.53. The predicted molar refractivity (Wildman–Crippen MR) is 176 cm³/mol. The van der Waals surface area contributed by atoms with Crippen molar-refractivity contribution in [1.29, 1.82) is 0 Å². The fourth-order valence-corrected chi connectivity index (χ4v) is 9.44. The van der Waals surface area contributed by atoms with Gasteiger partial charge in [0.2, 0.25) is 0 Å². The number of para-hydroxylation sites is 2. The van der Waals surface area contributed by atoms with Crippen LogP contribution in [-0.4, -0.2) is 27.9 Å². The van der Waals surface area contributed by atoms with Crippen molar-refractivity contribution in [2.24, 2.45) is 0 Å². The van der Waals surface area contributed by atoms with Crippen LogP contribution in [0.3, 0.4) is 0 Å². The largest absolute Gasteiger partial charge is 0.478 e. The van der Waals surface area contributed by atoms with Crippen LogP contribution in [0, 0.1) is 13.8 Å². The molecule has 2 atom stereocenters. The number of anilines is 3. The highest BCUT2D eigenvalue weighted by Gasteiger charge is 2.54.